The van der Waals surface area contributed by atoms with Gasteiger partial charge in [0.25, 0.3) is 0 Å². The Morgan fingerprint density at radius 1 is 0.744 bits per heavy atom. The zero-order chi connectivity index (χ0) is 31.9. The highest BCUT2D eigenvalue weighted by molar-refractivity contribution is 7.47. The molecule has 2 atom stereocenters. The lowest BCUT2D eigenvalue weighted by atomic mass is 10.1. The van der Waals surface area contributed by atoms with Gasteiger partial charge in [-0.2, -0.15) is 0 Å². The fraction of sp³-hybridized carbons (Fsp3) is 0.636. The number of aliphatic hydroxyl groups is 1. The maximum atomic E-state index is 11.9. The van der Waals surface area contributed by atoms with Gasteiger partial charge in [-0.05, 0) is 51.4 Å². The largest absolute Gasteiger partial charge is 0.472 e. The molecule has 0 radical (unpaired) electrons. The molecule has 246 valence electrons. The van der Waals surface area contributed by atoms with E-state index in [4.69, 9.17) is 13.8 Å². The Morgan fingerprint density at radius 2 is 1.33 bits per heavy atom. The number of nitrogens with one attached hydrogen (secondary N) is 1. The van der Waals surface area contributed by atoms with Gasteiger partial charge in [0.1, 0.15) is 12.7 Å². The van der Waals surface area contributed by atoms with Crippen LogP contribution in [0.15, 0.2) is 60.8 Å². The van der Waals surface area contributed by atoms with Gasteiger partial charge < -0.3 is 20.1 Å². The monoisotopic (exact) mass is 625 g/mol. The third kappa shape index (κ3) is 31.0. The van der Waals surface area contributed by atoms with Crippen LogP contribution < -0.4 is 5.32 Å². The normalized spacial score (nSPS) is 14.4. The molecule has 10 heteroatoms. The van der Waals surface area contributed by atoms with E-state index in [2.05, 4.69) is 79.9 Å². The lowest BCUT2D eigenvalue weighted by Gasteiger charge is -2.15. The lowest BCUT2D eigenvalue weighted by molar-refractivity contribution is -0.147. The summed E-state index contributed by atoms with van der Waals surface area (Å²) in [5, 5.41) is 12.5. The number of carbonyl (C=O) groups excluding carboxylic acids is 2. The molecule has 0 aromatic carbocycles. The van der Waals surface area contributed by atoms with Crippen molar-refractivity contribution in [3.05, 3.63) is 60.8 Å². The second-order valence-electron chi connectivity index (χ2n) is 10.0. The van der Waals surface area contributed by atoms with Crippen LogP contribution in [0.5, 0.6) is 0 Å². The van der Waals surface area contributed by atoms with Gasteiger partial charge in [-0.1, -0.05) is 100 Å². The molecule has 0 rings (SSSR count). The second kappa shape index (κ2) is 29.8. The van der Waals surface area contributed by atoms with Gasteiger partial charge in [-0.25, -0.2) is 4.57 Å². The lowest BCUT2D eigenvalue weighted by Crippen LogP contribution is -2.27. The first kappa shape index (κ1) is 40.7. The highest BCUT2D eigenvalue weighted by Gasteiger charge is 2.23. The molecule has 0 bridgehead atoms. The van der Waals surface area contributed by atoms with Gasteiger partial charge in [-0.15, -0.1) is 0 Å². The fourth-order valence-corrected chi connectivity index (χ4v) is 4.35. The van der Waals surface area contributed by atoms with Crippen molar-refractivity contribution in [1.82, 2.24) is 5.32 Å². The van der Waals surface area contributed by atoms with E-state index in [1.807, 2.05) is 0 Å². The third-order valence-corrected chi connectivity index (χ3v) is 6.95. The molecule has 3 N–H and O–H groups in total. The van der Waals surface area contributed by atoms with E-state index in [-0.39, 0.29) is 32.1 Å². The van der Waals surface area contributed by atoms with Crippen molar-refractivity contribution in [3.8, 4) is 0 Å². The van der Waals surface area contributed by atoms with E-state index in [0.29, 0.717) is 12.8 Å². The maximum Gasteiger partial charge on any atom is 0.472 e. The molecule has 9 nitrogen and oxygen atoms in total. The Hall–Kier alpha value is -2.29. The Morgan fingerprint density at radius 3 is 1.93 bits per heavy atom. The van der Waals surface area contributed by atoms with Crippen LogP contribution in [0.3, 0.4) is 0 Å². The highest BCUT2D eigenvalue weighted by atomic mass is 31.2. The molecule has 0 heterocycles. The molecular formula is C33H56NO8P. The molecule has 0 saturated carbocycles. The Labute approximate surface area is 259 Å². The van der Waals surface area contributed by atoms with Crippen LogP contribution in [0.25, 0.3) is 0 Å². The molecular weight excluding hydrogens is 569 g/mol. The summed E-state index contributed by atoms with van der Waals surface area (Å²) < 4.78 is 26.4. The standard InChI is InChI=1S/C33H56NO8P/c1-3-5-7-9-10-11-12-13-14-15-16-17-18-19-20-22-23-25-32(36)34-27-28-41-43(38,39)42-30-31(35)29-40-33(37)26-24-21-8-6-4-2/h5,7,10-11,13-14,16-17,19-20,31,35H,3-4,6,8-9,12,15,18,21-30H2,1-2H3,(H,34,36)(H,38,39)/b7-5-,11-10-,14-13-,17-16-,20-19-. The molecule has 43 heavy (non-hydrogen) atoms. The van der Waals surface area contributed by atoms with Crippen molar-refractivity contribution in [3.63, 3.8) is 0 Å². The van der Waals surface area contributed by atoms with Crippen molar-refractivity contribution >= 4 is 19.7 Å². The highest BCUT2D eigenvalue weighted by Crippen LogP contribution is 2.42. The Bertz CT molecular complexity index is 897. The molecule has 0 aliphatic heterocycles. The van der Waals surface area contributed by atoms with Crippen molar-refractivity contribution in [2.45, 2.75) is 110 Å². The first-order valence-corrected chi connectivity index (χ1v) is 17.3. The average Bonchev–Trinajstić information content (AvgIpc) is 2.98. The number of esters is 1. The first-order chi connectivity index (χ1) is 20.8. The number of carbonyl (C=O) groups is 2. The Kier molecular flexibility index (Phi) is 28.2. The van der Waals surface area contributed by atoms with Gasteiger partial charge in [-0.3, -0.25) is 18.6 Å². The summed E-state index contributed by atoms with van der Waals surface area (Å²) in [6, 6.07) is 0. The van der Waals surface area contributed by atoms with Gasteiger partial charge >= 0.3 is 13.8 Å². The van der Waals surface area contributed by atoms with Crippen LogP contribution in [-0.4, -0.2) is 54.3 Å². The number of phosphoric acid groups is 1. The molecule has 0 aromatic rings. The van der Waals surface area contributed by atoms with E-state index in [0.717, 1.165) is 70.6 Å². The molecule has 0 fully saturated rings. The number of phosphoric ester groups is 1. The number of ether oxygens (including phenoxy) is 1. The summed E-state index contributed by atoms with van der Waals surface area (Å²) in [4.78, 5) is 33.3. The van der Waals surface area contributed by atoms with Gasteiger partial charge in [0.2, 0.25) is 5.91 Å². The van der Waals surface area contributed by atoms with Crippen LogP contribution in [0.2, 0.25) is 0 Å². The van der Waals surface area contributed by atoms with Crippen LogP contribution >= 0.6 is 7.82 Å². The zero-order valence-electron chi connectivity index (χ0n) is 26.4. The van der Waals surface area contributed by atoms with Gasteiger partial charge in [0.05, 0.1) is 13.2 Å². The van der Waals surface area contributed by atoms with Gasteiger partial charge in [0.15, 0.2) is 0 Å². The predicted octanol–water partition coefficient (Wildman–Crippen LogP) is 7.42. The average molecular weight is 626 g/mol. The molecule has 0 aliphatic carbocycles. The van der Waals surface area contributed by atoms with Crippen LogP contribution in [0.4, 0.5) is 0 Å². The molecule has 0 aliphatic rings. The summed E-state index contributed by atoms with van der Waals surface area (Å²) in [6.07, 6.45) is 32.1. The molecule has 0 saturated heterocycles. The van der Waals surface area contributed by atoms with Crippen LogP contribution in [0, 0.1) is 0 Å². The summed E-state index contributed by atoms with van der Waals surface area (Å²) in [6.45, 7) is 3.21. The molecule has 0 aromatic heterocycles. The SMILES string of the molecule is CC/C=C\C/C=C\C/C=C\C/C=C\C/C=C\CCCC(=O)NCCOP(=O)(O)OCC(O)COC(=O)CCCCCCC. The number of rotatable bonds is 28. The first-order valence-electron chi connectivity index (χ1n) is 15.8. The smallest absolute Gasteiger partial charge is 0.463 e. The summed E-state index contributed by atoms with van der Waals surface area (Å²) in [7, 11) is -4.41. The number of aliphatic hydroxyl groups excluding tert-OH is 1. The van der Waals surface area contributed by atoms with Crippen LogP contribution in [0.1, 0.15) is 104 Å². The van der Waals surface area contributed by atoms with Crippen LogP contribution in [-0.2, 0) is 27.9 Å². The minimum absolute atomic E-state index is 0.0484. The van der Waals surface area contributed by atoms with Gasteiger partial charge in [0, 0.05) is 19.4 Å². The zero-order valence-corrected chi connectivity index (χ0v) is 27.3. The summed E-state index contributed by atoms with van der Waals surface area (Å²) in [5.41, 5.74) is 0. The van der Waals surface area contributed by atoms with Crippen molar-refractivity contribution in [2.24, 2.45) is 0 Å². The van der Waals surface area contributed by atoms with Crippen molar-refractivity contribution in [2.75, 3.05) is 26.4 Å². The minimum Gasteiger partial charge on any atom is -0.463 e. The van der Waals surface area contributed by atoms with Crippen molar-refractivity contribution in [1.29, 1.82) is 0 Å². The topological polar surface area (TPSA) is 131 Å². The second-order valence-corrected chi connectivity index (χ2v) is 11.5. The minimum atomic E-state index is -4.41. The fourth-order valence-electron chi connectivity index (χ4n) is 3.59. The summed E-state index contributed by atoms with van der Waals surface area (Å²) >= 11 is 0. The van der Waals surface area contributed by atoms with E-state index in [1.165, 1.54) is 0 Å². The number of hydrogen-bond donors (Lipinski definition) is 3. The van der Waals surface area contributed by atoms with E-state index in [9.17, 15) is 24.2 Å². The molecule has 2 unspecified atom stereocenters. The van der Waals surface area contributed by atoms with E-state index >= 15 is 0 Å². The molecule has 1 amide bonds. The van der Waals surface area contributed by atoms with E-state index in [1.54, 1.807) is 0 Å². The number of hydrogen-bond acceptors (Lipinski definition) is 7. The summed E-state index contributed by atoms with van der Waals surface area (Å²) in [5.74, 6) is -0.597. The van der Waals surface area contributed by atoms with Crippen molar-refractivity contribution < 1.29 is 37.9 Å². The predicted molar refractivity (Wildman–Crippen MR) is 173 cm³/mol. The number of amides is 1. The molecule has 0 spiro atoms. The Balaban J connectivity index is 3.77. The van der Waals surface area contributed by atoms with E-state index < -0.39 is 26.5 Å². The third-order valence-electron chi connectivity index (χ3n) is 5.96. The quantitative estimate of drug-likeness (QED) is 0.0354. The number of allylic oxidation sites excluding steroid dienone is 10. The maximum absolute atomic E-state index is 11.9. The number of unbranched alkanes of at least 4 members (excludes halogenated alkanes) is 5.